The van der Waals surface area contributed by atoms with Crippen molar-refractivity contribution in [3.63, 3.8) is 0 Å². The standard InChI is InChI=1S/C14H14FN5O/c15-10-1-2-12-11(7-10)14(19-3-5-21-6-4-19)16-8-13-18-17-9-20(12)13/h1-2,7,9H,3-6,8H2. The number of benzene rings is 1. The summed E-state index contributed by atoms with van der Waals surface area (Å²) in [5.41, 5.74) is 1.63. The van der Waals surface area contributed by atoms with Gasteiger partial charge >= 0.3 is 0 Å². The van der Waals surface area contributed by atoms with Crippen LogP contribution in [0.1, 0.15) is 11.4 Å². The van der Waals surface area contributed by atoms with Gasteiger partial charge in [-0.2, -0.15) is 0 Å². The topological polar surface area (TPSA) is 55.5 Å². The van der Waals surface area contributed by atoms with Crippen LogP contribution in [0.4, 0.5) is 4.39 Å². The summed E-state index contributed by atoms with van der Waals surface area (Å²) in [7, 11) is 0. The van der Waals surface area contributed by atoms with E-state index in [1.54, 1.807) is 12.4 Å². The lowest BCUT2D eigenvalue weighted by molar-refractivity contribution is 0.0682. The van der Waals surface area contributed by atoms with E-state index in [0.717, 1.165) is 36.0 Å². The van der Waals surface area contributed by atoms with Crippen LogP contribution >= 0.6 is 0 Å². The number of rotatable bonds is 0. The van der Waals surface area contributed by atoms with E-state index in [1.165, 1.54) is 12.1 Å². The molecule has 2 aliphatic heterocycles. The molecule has 0 atom stereocenters. The number of fused-ring (bicyclic) bond motifs is 3. The minimum atomic E-state index is -0.272. The second-order valence-corrected chi connectivity index (χ2v) is 5.02. The number of hydrogen-bond donors (Lipinski definition) is 0. The van der Waals surface area contributed by atoms with Crippen LogP contribution in [0.5, 0.6) is 0 Å². The first-order valence-electron chi connectivity index (χ1n) is 6.89. The molecule has 0 radical (unpaired) electrons. The van der Waals surface area contributed by atoms with Gasteiger partial charge in [-0.25, -0.2) is 4.39 Å². The molecule has 2 aliphatic rings. The maximum Gasteiger partial charge on any atom is 0.159 e. The predicted octanol–water partition coefficient (Wildman–Crippen LogP) is 0.999. The maximum absolute atomic E-state index is 13.7. The van der Waals surface area contributed by atoms with E-state index in [4.69, 9.17) is 4.74 Å². The third-order valence-electron chi connectivity index (χ3n) is 3.76. The molecule has 7 heteroatoms. The summed E-state index contributed by atoms with van der Waals surface area (Å²) < 4.78 is 21.0. The van der Waals surface area contributed by atoms with Crippen molar-refractivity contribution in [1.29, 1.82) is 0 Å². The molecule has 1 aromatic heterocycles. The van der Waals surface area contributed by atoms with Crippen molar-refractivity contribution in [2.45, 2.75) is 6.54 Å². The van der Waals surface area contributed by atoms with E-state index in [2.05, 4.69) is 20.1 Å². The Morgan fingerprint density at radius 2 is 2.05 bits per heavy atom. The Labute approximate surface area is 120 Å². The predicted molar refractivity (Wildman–Crippen MR) is 74.0 cm³/mol. The van der Waals surface area contributed by atoms with Crippen LogP contribution in [-0.4, -0.2) is 51.8 Å². The first-order valence-corrected chi connectivity index (χ1v) is 6.89. The third kappa shape index (κ3) is 2.09. The van der Waals surface area contributed by atoms with E-state index in [9.17, 15) is 4.39 Å². The van der Waals surface area contributed by atoms with E-state index < -0.39 is 0 Å². The summed E-state index contributed by atoms with van der Waals surface area (Å²) in [4.78, 5) is 6.78. The molecule has 0 saturated carbocycles. The third-order valence-corrected chi connectivity index (χ3v) is 3.76. The maximum atomic E-state index is 13.7. The summed E-state index contributed by atoms with van der Waals surface area (Å²) in [6.07, 6.45) is 1.64. The van der Waals surface area contributed by atoms with Gasteiger partial charge < -0.3 is 9.64 Å². The van der Waals surface area contributed by atoms with Gasteiger partial charge in [0.15, 0.2) is 5.82 Å². The fraction of sp³-hybridized carbons (Fsp3) is 0.357. The van der Waals surface area contributed by atoms with Gasteiger partial charge in [0, 0.05) is 18.7 Å². The Hall–Kier alpha value is -2.28. The van der Waals surface area contributed by atoms with Gasteiger partial charge in [-0.1, -0.05) is 0 Å². The van der Waals surface area contributed by atoms with Crippen LogP contribution in [0.15, 0.2) is 29.5 Å². The Morgan fingerprint density at radius 3 is 2.90 bits per heavy atom. The summed E-state index contributed by atoms with van der Waals surface area (Å²) >= 11 is 0. The van der Waals surface area contributed by atoms with Crippen molar-refractivity contribution in [3.05, 3.63) is 41.7 Å². The van der Waals surface area contributed by atoms with Gasteiger partial charge in [0.05, 0.1) is 18.9 Å². The zero-order valence-electron chi connectivity index (χ0n) is 11.4. The molecular weight excluding hydrogens is 273 g/mol. The minimum absolute atomic E-state index is 0.272. The SMILES string of the molecule is Fc1ccc2c(c1)C(N1CCOCC1)=NCc1nncn1-2. The molecule has 0 spiro atoms. The molecule has 4 rings (SSSR count). The van der Waals surface area contributed by atoms with Crippen molar-refractivity contribution < 1.29 is 9.13 Å². The number of amidine groups is 1. The highest BCUT2D eigenvalue weighted by molar-refractivity contribution is 6.02. The van der Waals surface area contributed by atoms with Gasteiger partial charge in [-0.3, -0.25) is 9.56 Å². The van der Waals surface area contributed by atoms with Crippen LogP contribution in [0.2, 0.25) is 0 Å². The zero-order chi connectivity index (χ0) is 14.2. The normalized spacial score (nSPS) is 17.8. The van der Waals surface area contributed by atoms with Crippen LogP contribution in [0.3, 0.4) is 0 Å². The first-order chi connectivity index (χ1) is 10.3. The Kier molecular flexibility index (Phi) is 2.92. The van der Waals surface area contributed by atoms with Gasteiger partial charge in [0.2, 0.25) is 0 Å². The summed E-state index contributed by atoms with van der Waals surface area (Å²) in [5.74, 6) is 1.29. The Morgan fingerprint density at radius 1 is 1.19 bits per heavy atom. The molecule has 1 saturated heterocycles. The molecule has 2 aromatic rings. The minimum Gasteiger partial charge on any atom is -0.378 e. The zero-order valence-corrected chi connectivity index (χ0v) is 11.4. The van der Waals surface area contributed by atoms with Gasteiger partial charge in [-0.05, 0) is 18.2 Å². The Bertz CT molecular complexity index is 705. The van der Waals surface area contributed by atoms with Crippen molar-refractivity contribution in [2.75, 3.05) is 26.3 Å². The number of aromatic nitrogens is 3. The van der Waals surface area contributed by atoms with Crippen molar-refractivity contribution in [2.24, 2.45) is 4.99 Å². The summed E-state index contributed by atoms with van der Waals surface area (Å²) in [5, 5.41) is 8.01. The average Bonchev–Trinajstić information content (AvgIpc) is 2.92. The molecule has 1 aromatic carbocycles. The number of ether oxygens (including phenoxy) is 1. The second-order valence-electron chi connectivity index (χ2n) is 5.02. The largest absolute Gasteiger partial charge is 0.378 e. The van der Waals surface area contributed by atoms with Gasteiger partial charge in [0.25, 0.3) is 0 Å². The van der Waals surface area contributed by atoms with Crippen LogP contribution in [0.25, 0.3) is 5.69 Å². The van der Waals surface area contributed by atoms with Crippen LogP contribution in [-0.2, 0) is 11.3 Å². The fourth-order valence-corrected chi connectivity index (χ4v) is 2.74. The number of aliphatic imine (C=N–C) groups is 1. The quantitative estimate of drug-likeness (QED) is 0.725. The molecule has 1 fully saturated rings. The Balaban J connectivity index is 1.86. The average molecular weight is 287 g/mol. The van der Waals surface area contributed by atoms with Crippen molar-refractivity contribution >= 4 is 5.84 Å². The van der Waals surface area contributed by atoms with Crippen molar-refractivity contribution in [1.82, 2.24) is 19.7 Å². The summed E-state index contributed by atoms with van der Waals surface area (Å²) in [6, 6.07) is 4.72. The first kappa shape index (κ1) is 12.5. The number of halogens is 1. The lowest BCUT2D eigenvalue weighted by atomic mass is 10.1. The summed E-state index contributed by atoms with van der Waals surface area (Å²) in [6.45, 7) is 3.28. The van der Waals surface area contributed by atoms with Gasteiger partial charge in [0.1, 0.15) is 24.5 Å². The molecule has 3 heterocycles. The van der Waals surface area contributed by atoms with E-state index in [0.29, 0.717) is 19.8 Å². The van der Waals surface area contributed by atoms with E-state index >= 15 is 0 Å². The van der Waals surface area contributed by atoms with E-state index in [-0.39, 0.29) is 5.82 Å². The molecule has 0 unspecified atom stereocenters. The van der Waals surface area contributed by atoms with Gasteiger partial charge in [-0.15, -0.1) is 10.2 Å². The van der Waals surface area contributed by atoms with Crippen LogP contribution < -0.4 is 0 Å². The molecule has 108 valence electrons. The smallest absolute Gasteiger partial charge is 0.159 e. The highest BCUT2D eigenvalue weighted by Gasteiger charge is 2.24. The molecule has 0 aliphatic carbocycles. The van der Waals surface area contributed by atoms with Crippen molar-refractivity contribution in [3.8, 4) is 5.69 Å². The molecule has 0 bridgehead atoms. The molecular formula is C14H14FN5O. The molecule has 0 N–H and O–H groups in total. The fourth-order valence-electron chi connectivity index (χ4n) is 2.74. The van der Waals surface area contributed by atoms with Crippen LogP contribution in [0, 0.1) is 5.82 Å². The monoisotopic (exact) mass is 287 g/mol. The molecule has 6 nitrogen and oxygen atoms in total. The molecule has 0 amide bonds. The molecule has 21 heavy (non-hydrogen) atoms. The lowest BCUT2D eigenvalue weighted by Crippen LogP contribution is -2.41. The number of morpholine rings is 1. The highest BCUT2D eigenvalue weighted by Crippen LogP contribution is 2.23. The lowest BCUT2D eigenvalue weighted by Gasteiger charge is -2.30. The number of nitrogens with zero attached hydrogens (tertiary/aromatic N) is 5. The second kappa shape index (κ2) is 4.92. The highest BCUT2D eigenvalue weighted by atomic mass is 19.1. The van der Waals surface area contributed by atoms with E-state index in [1.807, 2.05) is 4.57 Å². The number of hydrogen-bond acceptors (Lipinski definition) is 5.